The lowest BCUT2D eigenvalue weighted by Crippen LogP contribution is -2.05. The maximum atomic E-state index is 6.13. The molecule has 0 saturated heterocycles. The first-order valence-corrected chi connectivity index (χ1v) is 8.38. The summed E-state index contributed by atoms with van der Waals surface area (Å²) >= 11 is 6.13. The van der Waals surface area contributed by atoms with E-state index in [1.165, 1.54) is 5.56 Å². The SMILES string of the molecule is CCOCCCn1c(-c2ccccc2C)nc2cc(Cl)ccc21. The van der Waals surface area contributed by atoms with Gasteiger partial charge < -0.3 is 9.30 Å². The van der Waals surface area contributed by atoms with Gasteiger partial charge in [-0.05, 0) is 44.0 Å². The van der Waals surface area contributed by atoms with Gasteiger partial charge in [0.2, 0.25) is 0 Å². The number of aromatic nitrogens is 2. The van der Waals surface area contributed by atoms with Crippen molar-refractivity contribution in [1.29, 1.82) is 0 Å². The lowest BCUT2D eigenvalue weighted by atomic mass is 10.1. The van der Waals surface area contributed by atoms with E-state index >= 15 is 0 Å². The molecule has 0 aliphatic rings. The Morgan fingerprint density at radius 2 is 2.00 bits per heavy atom. The maximum absolute atomic E-state index is 6.13. The minimum absolute atomic E-state index is 0.716. The van der Waals surface area contributed by atoms with Crippen LogP contribution in [0.2, 0.25) is 5.02 Å². The highest BCUT2D eigenvalue weighted by molar-refractivity contribution is 6.31. The van der Waals surface area contributed by atoms with Crippen LogP contribution >= 0.6 is 11.6 Å². The largest absolute Gasteiger partial charge is 0.382 e. The lowest BCUT2D eigenvalue weighted by molar-refractivity contribution is 0.142. The molecule has 0 aliphatic carbocycles. The van der Waals surface area contributed by atoms with Crippen LogP contribution in [0.5, 0.6) is 0 Å². The number of fused-ring (bicyclic) bond motifs is 1. The zero-order valence-corrected chi connectivity index (χ0v) is 14.3. The van der Waals surface area contributed by atoms with Gasteiger partial charge in [-0.15, -0.1) is 0 Å². The first kappa shape index (κ1) is 16.0. The molecule has 0 N–H and O–H groups in total. The van der Waals surface area contributed by atoms with E-state index in [0.29, 0.717) is 5.02 Å². The number of halogens is 1. The molecule has 0 bridgehead atoms. The summed E-state index contributed by atoms with van der Waals surface area (Å²) < 4.78 is 7.75. The van der Waals surface area contributed by atoms with Crippen LogP contribution in [0.25, 0.3) is 22.4 Å². The fraction of sp³-hybridized carbons (Fsp3) is 0.316. The Morgan fingerprint density at radius 1 is 1.17 bits per heavy atom. The second-order valence-electron chi connectivity index (χ2n) is 5.59. The van der Waals surface area contributed by atoms with Crippen molar-refractivity contribution in [3.63, 3.8) is 0 Å². The predicted molar refractivity (Wildman–Crippen MR) is 96.0 cm³/mol. The van der Waals surface area contributed by atoms with Crippen LogP contribution in [-0.4, -0.2) is 22.8 Å². The van der Waals surface area contributed by atoms with Crippen LogP contribution in [0.15, 0.2) is 42.5 Å². The molecule has 0 atom stereocenters. The Kier molecular flexibility index (Phi) is 4.99. The number of imidazole rings is 1. The van der Waals surface area contributed by atoms with Crippen molar-refractivity contribution >= 4 is 22.6 Å². The third-order valence-corrected chi connectivity index (χ3v) is 4.21. The molecule has 3 nitrogen and oxygen atoms in total. The Labute approximate surface area is 141 Å². The zero-order chi connectivity index (χ0) is 16.2. The van der Waals surface area contributed by atoms with Gasteiger partial charge in [0, 0.05) is 30.3 Å². The average molecular weight is 329 g/mol. The van der Waals surface area contributed by atoms with Gasteiger partial charge in [0.05, 0.1) is 11.0 Å². The molecule has 0 aliphatic heterocycles. The topological polar surface area (TPSA) is 27.1 Å². The fourth-order valence-electron chi connectivity index (χ4n) is 2.83. The molecule has 3 aromatic rings. The van der Waals surface area contributed by atoms with E-state index in [1.54, 1.807) is 0 Å². The summed E-state index contributed by atoms with van der Waals surface area (Å²) in [5.74, 6) is 0.997. The van der Waals surface area contributed by atoms with Crippen molar-refractivity contribution < 1.29 is 4.74 Å². The van der Waals surface area contributed by atoms with Crippen molar-refractivity contribution in [2.24, 2.45) is 0 Å². The van der Waals surface area contributed by atoms with Crippen molar-refractivity contribution in [3.8, 4) is 11.4 Å². The number of rotatable bonds is 6. The number of hydrogen-bond donors (Lipinski definition) is 0. The van der Waals surface area contributed by atoms with E-state index in [9.17, 15) is 0 Å². The second-order valence-corrected chi connectivity index (χ2v) is 6.02. The van der Waals surface area contributed by atoms with Crippen LogP contribution in [-0.2, 0) is 11.3 Å². The fourth-order valence-corrected chi connectivity index (χ4v) is 2.99. The van der Waals surface area contributed by atoms with E-state index in [0.717, 1.165) is 48.6 Å². The van der Waals surface area contributed by atoms with Crippen molar-refractivity contribution in [2.75, 3.05) is 13.2 Å². The number of nitrogens with zero attached hydrogens (tertiary/aromatic N) is 2. The molecule has 120 valence electrons. The van der Waals surface area contributed by atoms with Gasteiger partial charge in [0.1, 0.15) is 5.82 Å². The summed E-state index contributed by atoms with van der Waals surface area (Å²) in [7, 11) is 0. The molecule has 3 rings (SSSR count). The van der Waals surface area contributed by atoms with E-state index in [-0.39, 0.29) is 0 Å². The third kappa shape index (κ3) is 3.41. The Morgan fingerprint density at radius 3 is 2.78 bits per heavy atom. The smallest absolute Gasteiger partial charge is 0.141 e. The molecule has 1 aromatic heterocycles. The normalized spacial score (nSPS) is 11.3. The van der Waals surface area contributed by atoms with Crippen molar-refractivity contribution in [2.45, 2.75) is 26.8 Å². The Balaban J connectivity index is 2.06. The maximum Gasteiger partial charge on any atom is 0.141 e. The number of benzene rings is 2. The average Bonchev–Trinajstić information content (AvgIpc) is 2.89. The van der Waals surface area contributed by atoms with Crippen LogP contribution in [0.1, 0.15) is 18.9 Å². The zero-order valence-electron chi connectivity index (χ0n) is 13.6. The Bertz CT molecular complexity index is 810. The van der Waals surface area contributed by atoms with E-state index in [4.69, 9.17) is 21.3 Å². The third-order valence-electron chi connectivity index (χ3n) is 3.97. The summed E-state index contributed by atoms with van der Waals surface area (Å²) in [5, 5.41) is 0.716. The first-order valence-electron chi connectivity index (χ1n) is 8.00. The molecule has 0 saturated carbocycles. The van der Waals surface area contributed by atoms with Crippen LogP contribution in [0, 0.1) is 6.92 Å². The lowest BCUT2D eigenvalue weighted by Gasteiger charge is -2.11. The number of hydrogen-bond acceptors (Lipinski definition) is 2. The van der Waals surface area contributed by atoms with Gasteiger partial charge in [-0.2, -0.15) is 0 Å². The molecular formula is C19H21ClN2O. The molecular weight excluding hydrogens is 308 g/mol. The van der Waals surface area contributed by atoms with Gasteiger partial charge in [-0.3, -0.25) is 0 Å². The molecule has 0 fully saturated rings. The van der Waals surface area contributed by atoms with Gasteiger partial charge in [-0.25, -0.2) is 4.98 Å². The Hall–Kier alpha value is -1.84. The number of aryl methyl sites for hydroxylation is 2. The monoisotopic (exact) mass is 328 g/mol. The highest BCUT2D eigenvalue weighted by atomic mass is 35.5. The number of ether oxygens (including phenoxy) is 1. The molecule has 1 heterocycles. The van der Waals surface area contributed by atoms with Gasteiger partial charge in [-0.1, -0.05) is 35.9 Å². The predicted octanol–water partition coefficient (Wildman–Crippen LogP) is 5.09. The molecule has 4 heteroatoms. The molecule has 0 amide bonds. The van der Waals surface area contributed by atoms with E-state index in [2.05, 4.69) is 35.8 Å². The van der Waals surface area contributed by atoms with E-state index in [1.807, 2.05) is 25.1 Å². The summed E-state index contributed by atoms with van der Waals surface area (Å²) in [6.07, 6.45) is 0.959. The standard InChI is InChI=1S/C19H21ClN2O/c1-3-23-12-6-11-22-18-10-9-15(20)13-17(18)21-19(22)16-8-5-4-7-14(16)2/h4-5,7-10,13H,3,6,11-12H2,1-2H3. The molecule has 0 unspecified atom stereocenters. The minimum Gasteiger partial charge on any atom is -0.382 e. The van der Waals surface area contributed by atoms with Crippen LogP contribution < -0.4 is 0 Å². The highest BCUT2D eigenvalue weighted by Gasteiger charge is 2.14. The van der Waals surface area contributed by atoms with Gasteiger partial charge in [0.15, 0.2) is 0 Å². The highest BCUT2D eigenvalue weighted by Crippen LogP contribution is 2.28. The van der Waals surface area contributed by atoms with E-state index < -0.39 is 0 Å². The van der Waals surface area contributed by atoms with Crippen molar-refractivity contribution in [3.05, 3.63) is 53.1 Å². The van der Waals surface area contributed by atoms with Gasteiger partial charge in [0.25, 0.3) is 0 Å². The first-order chi connectivity index (χ1) is 11.2. The van der Waals surface area contributed by atoms with Gasteiger partial charge >= 0.3 is 0 Å². The molecule has 0 radical (unpaired) electrons. The minimum atomic E-state index is 0.716. The van der Waals surface area contributed by atoms with Crippen LogP contribution in [0.3, 0.4) is 0 Å². The summed E-state index contributed by atoms with van der Waals surface area (Å²) in [5.41, 5.74) is 4.44. The molecule has 2 aromatic carbocycles. The van der Waals surface area contributed by atoms with Crippen molar-refractivity contribution in [1.82, 2.24) is 9.55 Å². The van der Waals surface area contributed by atoms with Crippen LogP contribution in [0.4, 0.5) is 0 Å². The molecule has 0 spiro atoms. The summed E-state index contributed by atoms with van der Waals surface area (Å²) in [6, 6.07) is 14.2. The molecule has 23 heavy (non-hydrogen) atoms. The summed E-state index contributed by atoms with van der Waals surface area (Å²) in [4.78, 5) is 4.84. The second kappa shape index (κ2) is 7.16. The summed E-state index contributed by atoms with van der Waals surface area (Å²) in [6.45, 7) is 6.53. The quantitative estimate of drug-likeness (QED) is 0.589.